The molecule has 1 amide bonds. The topological polar surface area (TPSA) is 79.0 Å². The lowest BCUT2D eigenvalue weighted by molar-refractivity contribution is -0.0444. The first-order valence-electron chi connectivity index (χ1n) is 9.63. The number of likely N-dealkylation sites (tertiary alicyclic amines) is 1. The van der Waals surface area contributed by atoms with Gasteiger partial charge in [-0.3, -0.25) is 4.79 Å². The molecule has 2 atom stereocenters. The average molecular weight is 396 g/mol. The minimum absolute atomic E-state index is 0.0538. The minimum atomic E-state index is -3.56. The molecule has 3 rings (SSSR count). The molecule has 0 spiro atoms. The van der Waals surface area contributed by atoms with Gasteiger partial charge in [-0.2, -0.15) is 17.4 Å². The Bertz CT molecular complexity index is 735. The van der Waals surface area contributed by atoms with Crippen molar-refractivity contribution in [3.05, 3.63) is 35.4 Å². The maximum atomic E-state index is 12.5. The summed E-state index contributed by atoms with van der Waals surface area (Å²) in [7, 11) is -3.56. The molecule has 27 heavy (non-hydrogen) atoms. The number of hydrogen-bond acceptors (Lipinski definition) is 4. The molecule has 2 saturated heterocycles. The molecule has 2 aliphatic heterocycles. The minimum Gasteiger partial charge on any atom is -0.373 e. The molecule has 150 valence electrons. The fourth-order valence-electron chi connectivity index (χ4n) is 3.64. The van der Waals surface area contributed by atoms with E-state index >= 15 is 0 Å². The number of ether oxygens (including phenoxy) is 1. The van der Waals surface area contributed by atoms with Crippen molar-refractivity contribution in [1.82, 2.24) is 13.9 Å². The monoisotopic (exact) mass is 395 g/mol. The van der Waals surface area contributed by atoms with E-state index in [-0.39, 0.29) is 24.7 Å². The van der Waals surface area contributed by atoms with Gasteiger partial charge in [-0.25, -0.2) is 0 Å². The predicted molar refractivity (Wildman–Crippen MR) is 104 cm³/mol. The highest BCUT2D eigenvalue weighted by molar-refractivity contribution is 7.87. The van der Waals surface area contributed by atoms with Gasteiger partial charge in [0, 0.05) is 38.3 Å². The fraction of sp³-hybridized carbons (Fsp3) is 0.632. The van der Waals surface area contributed by atoms with Crippen LogP contribution in [0.3, 0.4) is 0 Å². The Morgan fingerprint density at radius 2 is 1.67 bits per heavy atom. The summed E-state index contributed by atoms with van der Waals surface area (Å²) in [4.78, 5) is 14.4. The average Bonchev–Trinajstić information content (AvgIpc) is 2.66. The van der Waals surface area contributed by atoms with E-state index in [1.54, 1.807) is 12.1 Å². The molecule has 0 aliphatic carbocycles. The van der Waals surface area contributed by atoms with E-state index in [9.17, 15) is 13.2 Å². The molecule has 0 saturated carbocycles. The molecule has 0 unspecified atom stereocenters. The second kappa shape index (κ2) is 8.68. The molecule has 1 aromatic rings. The highest BCUT2D eigenvalue weighted by atomic mass is 32.2. The van der Waals surface area contributed by atoms with Crippen LogP contribution in [-0.4, -0.2) is 61.9 Å². The summed E-state index contributed by atoms with van der Waals surface area (Å²) >= 11 is 0. The predicted octanol–water partition coefficient (Wildman–Crippen LogP) is 1.76. The number of hydrogen-bond donors (Lipinski definition) is 1. The van der Waals surface area contributed by atoms with Gasteiger partial charge in [0.2, 0.25) is 0 Å². The van der Waals surface area contributed by atoms with Crippen LogP contribution >= 0.6 is 0 Å². The third-order valence-electron chi connectivity index (χ3n) is 5.03. The van der Waals surface area contributed by atoms with Gasteiger partial charge < -0.3 is 9.64 Å². The molecule has 2 heterocycles. The molecule has 8 heteroatoms. The molecule has 2 fully saturated rings. The summed E-state index contributed by atoms with van der Waals surface area (Å²) in [5.74, 6) is 0.0538. The first kappa shape index (κ1) is 20.3. The van der Waals surface area contributed by atoms with Gasteiger partial charge in [0.25, 0.3) is 16.1 Å². The quantitative estimate of drug-likeness (QED) is 0.824. The van der Waals surface area contributed by atoms with Crippen molar-refractivity contribution in [2.75, 3.05) is 26.2 Å². The standard InChI is InChI=1S/C19H29N3O4S/c1-15-13-22(14-16(2)26-15)27(24,25)20-12-17-6-8-18(9-7-17)19(23)21-10-4-3-5-11-21/h6-9,15-16,20H,3-5,10-14H2,1-2H3/t15-,16-/m1/s1. The summed E-state index contributed by atoms with van der Waals surface area (Å²) in [6, 6.07) is 7.17. The van der Waals surface area contributed by atoms with E-state index in [0.717, 1.165) is 31.5 Å². The molecule has 0 aromatic heterocycles. The number of amides is 1. The van der Waals surface area contributed by atoms with E-state index in [1.807, 2.05) is 30.9 Å². The first-order chi connectivity index (χ1) is 12.8. The summed E-state index contributed by atoms with van der Waals surface area (Å²) in [5, 5.41) is 0. The van der Waals surface area contributed by atoms with Gasteiger partial charge in [0.1, 0.15) is 0 Å². The zero-order valence-electron chi connectivity index (χ0n) is 16.1. The molecule has 7 nitrogen and oxygen atoms in total. The molecule has 0 bridgehead atoms. The molecule has 2 aliphatic rings. The number of nitrogens with zero attached hydrogens (tertiary/aromatic N) is 2. The van der Waals surface area contributed by atoms with Crippen molar-refractivity contribution in [2.24, 2.45) is 0 Å². The van der Waals surface area contributed by atoms with Crippen LogP contribution < -0.4 is 4.72 Å². The smallest absolute Gasteiger partial charge is 0.279 e. The third-order valence-corrected chi connectivity index (χ3v) is 6.52. The van der Waals surface area contributed by atoms with Gasteiger partial charge in [0.05, 0.1) is 12.2 Å². The molecular weight excluding hydrogens is 366 g/mol. The zero-order chi connectivity index (χ0) is 19.4. The third kappa shape index (κ3) is 5.28. The number of morpholine rings is 1. The lowest BCUT2D eigenvalue weighted by Gasteiger charge is -2.34. The summed E-state index contributed by atoms with van der Waals surface area (Å²) in [5.41, 5.74) is 1.47. The Kier molecular flexibility index (Phi) is 6.52. The van der Waals surface area contributed by atoms with Gasteiger partial charge in [-0.15, -0.1) is 0 Å². The Labute approximate surface area is 161 Å². The second-order valence-corrected chi connectivity index (χ2v) is 9.21. The number of piperidine rings is 1. The lowest BCUT2D eigenvalue weighted by Crippen LogP contribution is -2.51. The van der Waals surface area contributed by atoms with E-state index in [0.29, 0.717) is 18.7 Å². The Morgan fingerprint density at radius 1 is 1.07 bits per heavy atom. The van der Waals surface area contributed by atoms with Crippen LogP contribution in [0.15, 0.2) is 24.3 Å². The van der Waals surface area contributed by atoms with E-state index in [2.05, 4.69) is 4.72 Å². The van der Waals surface area contributed by atoms with Crippen LogP contribution in [0, 0.1) is 0 Å². The Balaban J connectivity index is 1.57. The Morgan fingerprint density at radius 3 is 2.26 bits per heavy atom. The zero-order valence-corrected chi connectivity index (χ0v) is 16.9. The van der Waals surface area contributed by atoms with Crippen molar-refractivity contribution in [3.63, 3.8) is 0 Å². The van der Waals surface area contributed by atoms with Crippen LogP contribution in [-0.2, 0) is 21.5 Å². The summed E-state index contributed by atoms with van der Waals surface area (Å²) < 4.78 is 34.7. The maximum Gasteiger partial charge on any atom is 0.279 e. The molecular formula is C19H29N3O4S. The lowest BCUT2D eigenvalue weighted by atomic mass is 10.1. The maximum absolute atomic E-state index is 12.5. The molecule has 1 aromatic carbocycles. The van der Waals surface area contributed by atoms with E-state index < -0.39 is 10.2 Å². The first-order valence-corrected chi connectivity index (χ1v) is 11.1. The molecule has 1 N–H and O–H groups in total. The van der Waals surface area contributed by atoms with Crippen molar-refractivity contribution < 1.29 is 17.9 Å². The number of carbonyl (C=O) groups excluding carboxylic acids is 1. The number of nitrogens with one attached hydrogen (secondary N) is 1. The fourth-order valence-corrected chi connectivity index (χ4v) is 4.98. The highest BCUT2D eigenvalue weighted by Crippen LogP contribution is 2.16. The summed E-state index contributed by atoms with van der Waals surface area (Å²) in [6.07, 6.45) is 3.06. The van der Waals surface area contributed by atoms with Crippen LogP contribution in [0.5, 0.6) is 0 Å². The van der Waals surface area contributed by atoms with Gasteiger partial charge in [0.15, 0.2) is 0 Å². The SMILES string of the molecule is C[C@@H]1CN(S(=O)(=O)NCc2ccc(C(=O)N3CCCCC3)cc2)C[C@@H](C)O1. The normalized spacial score (nSPS) is 24.7. The van der Waals surface area contributed by atoms with Crippen molar-refractivity contribution >= 4 is 16.1 Å². The van der Waals surface area contributed by atoms with Gasteiger partial charge in [-0.05, 0) is 50.8 Å². The largest absolute Gasteiger partial charge is 0.373 e. The van der Waals surface area contributed by atoms with Crippen molar-refractivity contribution in [3.8, 4) is 0 Å². The van der Waals surface area contributed by atoms with Crippen LogP contribution in [0.1, 0.15) is 49.0 Å². The Hall–Kier alpha value is -1.48. The second-order valence-electron chi connectivity index (χ2n) is 7.45. The van der Waals surface area contributed by atoms with Crippen LogP contribution in [0.2, 0.25) is 0 Å². The summed E-state index contributed by atoms with van der Waals surface area (Å²) in [6.45, 7) is 6.27. The van der Waals surface area contributed by atoms with E-state index in [1.165, 1.54) is 10.7 Å². The number of benzene rings is 1. The van der Waals surface area contributed by atoms with Crippen molar-refractivity contribution in [1.29, 1.82) is 0 Å². The molecule has 0 radical (unpaired) electrons. The van der Waals surface area contributed by atoms with Gasteiger partial charge >= 0.3 is 0 Å². The highest BCUT2D eigenvalue weighted by Gasteiger charge is 2.30. The van der Waals surface area contributed by atoms with Crippen LogP contribution in [0.4, 0.5) is 0 Å². The number of rotatable bonds is 5. The number of carbonyl (C=O) groups is 1. The van der Waals surface area contributed by atoms with Crippen molar-refractivity contribution in [2.45, 2.75) is 51.9 Å². The van der Waals surface area contributed by atoms with Gasteiger partial charge in [-0.1, -0.05) is 12.1 Å². The van der Waals surface area contributed by atoms with E-state index in [4.69, 9.17) is 4.74 Å². The van der Waals surface area contributed by atoms with Crippen LogP contribution in [0.25, 0.3) is 0 Å².